The van der Waals surface area contributed by atoms with Crippen molar-refractivity contribution >= 4 is 35.2 Å². The molecule has 0 heterocycles. The van der Waals surface area contributed by atoms with Crippen molar-refractivity contribution in [1.82, 2.24) is 0 Å². The zero-order valence-electron chi connectivity index (χ0n) is 12.1. The number of hydrogen-bond donors (Lipinski definition) is 0. The summed E-state index contributed by atoms with van der Waals surface area (Å²) in [4.78, 5) is 13.1. The molecule has 0 aliphatic rings. The minimum absolute atomic E-state index is 0.562. The molecule has 110 valence electrons. The number of halogens is 2. The van der Waals surface area contributed by atoms with Crippen molar-refractivity contribution in [1.29, 1.82) is 0 Å². The molecule has 0 spiro atoms. The first-order chi connectivity index (χ1) is 10.0. The Morgan fingerprint density at radius 2 is 1.86 bits per heavy atom. The first kappa shape index (κ1) is 15.9. The van der Waals surface area contributed by atoms with E-state index < -0.39 is 0 Å². The molecule has 0 saturated carbocycles. The van der Waals surface area contributed by atoms with Crippen molar-refractivity contribution in [3.05, 3.63) is 63.1 Å². The zero-order chi connectivity index (χ0) is 15.4. The number of rotatable bonds is 5. The SMILES string of the molecule is CCc1cc(N(C)Cc2ccc(Cl)c(Cl)c2)ccc1C=O. The molecule has 2 rings (SSSR count). The van der Waals surface area contributed by atoms with E-state index >= 15 is 0 Å². The fourth-order valence-corrected chi connectivity index (χ4v) is 2.57. The third kappa shape index (κ3) is 3.78. The van der Waals surface area contributed by atoms with Gasteiger partial charge in [0, 0.05) is 24.8 Å². The maximum atomic E-state index is 11.0. The number of hydrogen-bond acceptors (Lipinski definition) is 2. The Labute approximate surface area is 135 Å². The zero-order valence-corrected chi connectivity index (χ0v) is 13.6. The summed E-state index contributed by atoms with van der Waals surface area (Å²) in [6.45, 7) is 2.77. The van der Waals surface area contributed by atoms with E-state index in [4.69, 9.17) is 23.2 Å². The predicted octanol–water partition coefficient (Wildman–Crippen LogP) is 5.00. The molecular weight excluding hydrogens is 305 g/mol. The molecule has 0 aliphatic heterocycles. The van der Waals surface area contributed by atoms with Crippen LogP contribution >= 0.6 is 23.2 Å². The van der Waals surface area contributed by atoms with Crippen LogP contribution in [0, 0.1) is 0 Å². The van der Waals surface area contributed by atoms with Gasteiger partial charge in [-0.3, -0.25) is 4.79 Å². The molecule has 0 fully saturated rings. The maximum absolute atomic E-state index is 11.0. The number of aldehydes is 1. The first-order valence-corrected chi connectivity index (χ1v) is 7.54. The summed E-state index contributed by atoms with van der Waals surface area (Å²) in [5.74, 6) is 0. The predicted molar refractivity (Wildman–Crippen MR) is 89.8 cm³/mol. The topological polar surface area (TPSA) is 20.3 Å². The van der Waals surface area contributed by atoms with E-state index in [1.807, 2.05) is 38.2 Å². The molecule has 0 bridgehead atoms. The number of anilines is 1. The van der Waals surface area contributed by atoms with Crippen LogP contribution in [-0.4, -0.2) is 13.3 Å². The van der Waals surface area contributed by atoms with E-state index in [-0.39, 0.29) is 0 Å². The van der Waals surface area contributed by atoms with E-state index in [1.165, 1.54) is 0 Å². The van der Waals surface area contributed by atoms with Gasteiger partial charge in [0.15, 0.2) is 0 Å². The van der Waals surface area contributed by atoms with Gasteiger partial charge in [-0.15, -0.1) is 0 Å². The number of benzene rings is 2. The van der Waals surface area contributed by atoms with Gasteiger partial charge in [-0.2, -0.15) is 0 Å². The molecule has 2 aromatic carbocycles. The van der Waals surface area contributed by atoms with Crippen LogP contribution in [0.3, 0.4) is 0 Å². The van der Waals surface area contributed by atoms with Crippen LogP contribution in [0.15, 0.2) is 36.4 Å². The van der Waals surface area contributed by atoms with Crippen LogP contribution in [0.2, 0.25) is 10.0 Å². The monoisotopic (exact) mass is 321 g/mol. The lowest BCUT2D eigenvalue weighted by Gasteiger charge is -2.21. The molecule has 0 N–H and O–H groups in total. The summed E-state index contributed by atoms with van der Waals surface area (Å²) in [7, 11) is 2.01. The average Bonchev–Trinajstić information content (AvgIpc) is 2.50. The summed E-state index contributed by atoms with van der Waals surface area (Å²) in [6, 6.07) is 11.5. The highest BCUT2D eigenvalue weighted by Crippen LogP contribution is 2.25. The van der Waals surface area contributed by atoms with E-state index in [9.17, 15) is 4.79 Å². The second-order valence-corrected chi connectivity index (χ2v) is 5.77. The van der Waals surface area contributed by atoms with Gasteiger partial charge in [0.05, 0.1) is 10.0 Å². The van der Waals surface area contributed by atoms with Gasteiger partial charge in [-0.1, -0.05) is 36.2 Å². The molecule has 0 radical (unpaired) electrons. The normalized spacial score (nSPS) is 10.5. The molecule has 21 heavy (non-hydrogen) atoms. The summed E-state index contributed by atoms with van der Waals surface area (Å²) >= 11 is 12.0. The number of carbonyl (C=O) groups is 1. The molecule has 2 nitrogen and oxygen atoms in total. The Kier molecular flexibility index (Phi) is 5.27. The van der Waals surface area contributed by atoms with Crippen LogP contribution < -0.4 is 4.90 Å². The van der Waals surface area contributed by atoms with Crippen LogP contribution in [0.5, 0.6) is 0 Å². The first-order valence-electron chi connectivity index (χ1n) is 6.78. The van der Waals surface area contributed by atoms with Gasteiger partial charge in [-0.05, 0) is 47.9 Å². The van der Waals surface area contributed by atoms with Crippen LogP contribution in [0.4, 0.5) is 5.69 Å². The van der Waals surface area contributed by atoms with Crippen molar-refractivity contribution in [3.63, 3.8) is 0 Å². The minimum atomic E-state index is 0.562. The number of aryl methyl sites for hydroxylation is 1. The van der Waals surface area contributed by atoms with Crippen LogP contribution in [0.1, 0.15) is 28.4 Å². The lowest BCUT2D eigenvalue weighted by atomic mass is 10.0. The summed E-state index contributed by atoms with van der Waals surface area (Å²) in [5, 5.41) is 1.12. The van der Waals surface area contributed by atoms with Crippen molar-refractivity contribution in [3.8, 4) is 0 Å². The van der Waals surface area contributed by atoms with Gasteiger partial charge in [0.2, 0.25) is 0 Å². The van der Waals surface area contributed by atoms with Gasteiger partial charge in [0.25, 0.3) is 0 Å². The standard InChI is InChI=1S/C17H17Cl2NO/c1-3-13-9-15(6-5-14(13)11-21)20(2)10-12-4-7-16(18)17(19)8-12/h4-9,11H,3,10H2,1-2H3. The third-order valence-corrected chi connectivity index (χ3v) is 4.22. The van der Waals surface area contributed by atoms with Crippen molar-refractivity contribution in [2.75, 3.05) is 11.9 Å². The fraction of sp³-hybridized carbons (Fsp3) is 0.235. The van der Waals surface area contributed by atoms with Gasteiger partial charge < -0.3 is 4.90 Å². The highest BCUT2D eigenvalue weighted by Gasteiger charge is 2.07. The van der Waals surface area contributed by atoms with E-state index in [0.29, 0.717) is 10.0 Å². The molecule has 0 atom stereocenters. The summed E-state index contributed by atoms with van der Waals surface area (Å²) in [5.41, 5.74) is 3.97. The Morgan fingerprint density at radius 1 is 1.10 bits per heavy atom. The third-order valence-electron chi connectivity index (χ3n) is 3.48. The van der Waals surface area contributed by atoms with Crippen LogP contribution in [0.25, 0.3) is 0 Å². The fourth-order valence-electron chi connectivity index (χ4n) is 2.25. The van der Waals surface area contributed by atoms with Crippen LogP contribution in [-0.2, 0) is 13.0 Å². The molecule has 0 saturated heterocycles. The lowest BCUT2D eigenvalue weighted by molar-refractivity contribution is 0.112. The van der Waals surface area contributed by atoms with Gasteiger partial charge >= 0.3 is 0 Å². The van der Waals surface area contributed by atoms with Gasteiger partial charge in [-0.25, -0.2) is 0 Å². The highest BCUT2D eigenvalue weighted by atomic mass is 35.5. The Morgan fingerprint density at radius 3 is 2.48 bits per heavy atom. The second-order valence-electron chi connectivity index (χ2n) is 4.96. The molecule has 0 unspecified atom stereocenters. The van der Waals surface area contributed by atoms with E-state index in [0.717, 1.165) is 41.6 Å². The number of nitrogens with zero attached hydrogens (tertiary/aromatic N) is 1. The van der Waals surface area contributed by atoms with Crippen molar-refractivity contribution in [2.24, 2.45) is 0 Å². The van der Waals surface area contributed by atoms with Gasteiger partial charge in [0.1, 0.15) is 6.29 Å². The summed E-state index contributed by atoms with van der Waals surface area (Å²) in [6.07, 6.45) is 1.74. The summed E-state index contributed by atoms with van der Waals surface area (Å²) < 4.78 is 0. The van der Waals surface area contributed by atoms with E-state index in [2.05, 4.69) is 11.0 Å². The molecule has 0 aliphatic carbocycles. The minimum Gasteiger partial charge on any atom is -0.370 e. The molecule has 0 amide bonds. The average molecular weight is 322 g/mol. The lowest BCUT2D eigenvalue weighted by Crippen LogP contribution is -2.16. The Bertz CT molecular complexity index is 655. The Hall–Kier alpha value is -1.51. The Balaban J connectivity index is 2.21. The quantitative estimate of drug-likeness (QED) is 0.722. The molecular formula is C17H17Cl2NO. The van der Waals surface area contributed by atoms with Crippen molar-refractivity contribution in [2.45, 2.75) is 19.9 Å². The smallest absolute Gasteiger partial charge is 0.150 e. The molecule has 2 aromatic rings. The highest BCUT2D eigenvalue weighted by molar-refractivity contribution is 6.42. The maximum Gasteiger partial charge on any atom is 0.150 e. The van der Waals surface area contributed by atoms with Crippen molar-refractivity contribution < 1.29 is 4.79 Å². The number of carbonyl (C=O) groups excluding carboxylic acids is 1. The second kappa shape index (κ2) is 6.97. The van der Waals surface area contributed by atoms with E-state index in [1.54, 1.807) is 6.07 Å². The largest absolute Gasteiger partial charge is 0.370 e. The molecule has 4 heteroatoms. The molecule has 0 aromatic heterocycles.